The third kappa shape index (κ3) is 2.77. The van der Waals surface area contributed by atoms with E-state index in [0.29, 0.717) is 6.42 Å². The van der Waals surface area contributed by atoms with E-state index in [2.05, 4.69) is 10.3 Å². The number of carbonyl (C=O) groups excluding carboxylic acids is 1. The first-order valence-electron chi connectivity index (χ1n) is 4.93. The highest BCUT2D eigenvalue weighted by Gasteiger charge is 2.31. The van der Waals surface area contributed by atoms with Crippen LogP contribution in [-0.4, -0.2) is 37.7 Å². The van der Waals surface area contributed by atoms with Gasteiger partial charge in [-0.2, -0.15) is 0 Å². The molecule has 0 aliphatic carbocycles. The van der Waals surface area contributed by atoms with Crippen molar-refractivity contribution in [1.82, 2.24) is 5.32 Å². The zero-order chi connectivity index (χ0) is 11.6. The lowest BCUT2D eigenvalue weighted by molar-refractivity contribution is -0.120. The summed E-state index contributed by atoms with van der Waals surface area (Å²) in [7, 11) is -3.19. The van der Waals surface area contributed by atoms with E-state index in [-0.39, 0.29) is 11.7 Å². The van der Waals surface area contributed by atoms with Gasteiger partial charge in [-0.25, -0.2) is 8.42 Å². The zero-order valence-electron chi connectivity index (χ0n) is 9.15. The van der Waals surface area contributed by atoms with E-state index >= 15 is 0 Å². The monoisotopic (exact) mass is 232 g/mol. The molecule has 1 heterocycles. The van der Waals surface area contributed by atoms with Gasteiger partial charge in [0.25, 0.3) is 0 Å². The molecule has 1 aliphatic rings. The Bertz CT molecular complexity index is 386. The van der Waals surface area contributed by atoms with Crippen LogP contribution in [0.4, 0.5) is 0 Å². The molecule has 86 valence electrons. The van der Waals surface area contributed by atoms with Crippen LogP contribution in [0.3, 0.4) is 0 Å². The lowest BCUT2D eigenvalue weighted by Gasteiger charge is -2.07. The van der Waals surface area contributed by atoms with Crippen molar-refractivity contribution >= 4 is 21.6 Å². The van der Waals surface area contributed by atoms with Crippen LogP contribution >= 0.6 is 0 Å². The molecule has 0 saturated heterocycles. The summed E-state index contributed by atoms with van der Waals surface area (Å²) in [5.74, 6) is 0.0864. The molecule has 0 radical (unpaired) electrons. The van der Waals surface area contributed by atoms with Gasteiger partial charge < -0.3 is 5.32 Å². The number of amidine groups is 1. The minimum atomic E-state index is -3.19. The minimum Gasteiger partial charge on any atom is -0.312 e. The number of hydrogen-bond acceptors (Lipinski definition) is 4. The van der Waals surface area contributed by atoms with Crippen molar-refractivity contribution in [2.24, 2.45) is 4.99 Å². The van der Waals surface area contributed by atoms with E-state index in [1.807, 2.05) is 6.92 Å². The Labute approximate surface area is 89.9 Å². The zero-order valence-corrected chi connectivity index (χ0v) is 9.97. The first-order valence-corrected chi connectivity index (χ1v) is 6.89. The van der Waals surface area contributed by atoms with Crippen molar-refractivity contribution in [2.45, 2.75) is 38.0 Å². The molecule has 0 aromatic rings. The van der Waals surface area contributed by atoms with Crippen LogP contribution in [0.1, 0.15) is 26.7 Å². The standard InChI is InChI=1S/C9H16N2O3S/c1-4-5-7-9(12)11-8(10-7)6(2)15(3,13)14/h6-7H,4-5H2,1-3H3,(H,10,11,12). The van der Waals surface area contributed by atoms with Gasteiger partial charge >= 0.3 is 0 Å². The molecule has 1 aliphatic heterocycles. The molecule has 0 saturated carbocycles. The molecule has 2 atom stereocenters. The molecule has 1 rings (SSSR count). The molecule has 1 N–H and O–H groups in total. The van der Waals surface area contributed by atoms with Crippen LogP contribution in [-0.2, 0) is 14.6 Å². The normalized spacial score (nSPS) is 23.5. The molecule has 0 bridgehead atoms. The topological polar surface area (TPSA) is 75.6 Å². The first-order chi connectivity index (χ1) is 6.86. The fraction of sp³-hybridized carbons (Fsp3) is 0.778. The van der Waals surface area contributed by atoms with Crippen LogP contribution < -0.4 is 5.32 Å². The van der Waals surface area contributed by atoms with Crippen LogP contribution in [0, 0.1) is 0 Å². The van der Waals surface area contributed by atoms with Crippen molar-refractivity contribution in [1.29, 1.82) is 0 Å². The van der Waals surface area contributed by atoms with Crippen molar-refractivity contribution in [2.75, 3.05) is 6.26 Å². The quantitative estimate of drug-likeness (QED) is 0.747. The molecule has 0 fully saturated rings. The highest BCUT2D eigenvalue weighted by Crippen LogP contribution is 2.11. The van der Waals surface area contributed by atoms with E-state index in [1.165, 1.54) is 6.92 Å². The van der Waals surface area contributed by atoms with Gasteiger partial charge in [0.1, 0.15) is 17.1 Å². The van der Waals surface area contributed by atoms with E-state index in [0.717, 1.165) is 12.7 Å². The highest BCUT2D eigenvalue weighted by molar-refractivity contribution is 7.92. The fourth-order valence-corrected chi connectivity index (χ4v) is 1.87. The van der Waals surface area contributed by atoms with Crippen LogP contribution in [0.5, 0.6) is 0 Å². The molecule has 0 aromatic heterocycles. The number of carbonyl (C=O) groups is 1. The average Bonchev–Trinajstić information content (AvgIpc) is 2.46. The Morgan fingerprint density at radius 3 is 2.60 bits per heavy atom. The summed E-state index contributed by atoms with van der Waals surface area (Å²) in [6, 6.07) is -0.408. The smallest absolute Gasteiger partial charge is 0.250 e. The van der Waals surface area contributed by atoms with Crippen molar-refractivity contribution in [3.63, 3.8) is 0 Å². The first kappa shape index (κ1) is 12.2. The van der Waals surface area contributed by atoms with Crippen LogP contribution in [0.15, 0.2) is 4.99 Å². The predicted molar refractivity (Wildman–Crippen MR) is 58.6 cm³/mol. The third-order valence-electron chi connectivity index (χ3n) is 2.44. The number of rotatable bonds is 4. The average molecular weight is 232 g/mol. The summed E-state index contributed by atoms with van der Waals surface area (Å²) in [6.45, 7) is 3.49. The second kappa shape index (κ2) is 4.30. The van der Waals surface area contributed by atoms with Gasteiger partial charge in [0.2, 0.25) is 5.91 Å². The number of nitrogens with one attached hydrogen (secondary N) is 1. The second-order valence-electron chi connectivity index (χ2n) is 3.78. The largest absolute Gasteiger partial charge is 0.312 e. The molecule has 0 spiro atoms. The summed E-state index contributed by atoms with van der Waals surface area (Å²) in [6.07, 6.45) is 2.65. The molecule has 2 unspecified atom stereocenters. The van der Waals surface area contributed by atoms with Gasteiger partial charge in [-0.3, -0.25) is 9.79 Å². The predicted octanol–water partition coefficient (Wildman–Crippen LogP) is 0.117. The Balaban J connectivity index is 2.82. The Morgan fingerprint density at radius 1 is 1.53 bits per heavy atom. The van der Waals surface area contributed by atoms with E-state index < -0.39 is 21.1 Å². The maximum absolute atomic E-state index is 11.4. The summed E-state index contributed by atoms with van der Waals surface area (Å²) >= 11 is 0. The number of amides is 1. The minimum absolute atomic E-state index is 0.192. The van der Waals surface area contributed by atoms with Gasteiger partial charge in [0.05, 0.1) is 0 Å². The summed E-state index contributed by atoms with van der Waals surface area (Å²) < 4.78 is 22.5. The molecule has 0 aromatic carbocycles. The third-order valence-corrected chi connectivity index (χ3v) is 3.95. The van der Waals surface area contributed by atoms with Crippen molar-refractivity contribution in [3.05, 3.63) is 0 Å². The van der Waals surface area contributed by atoms with Gasteiger partial charge in [-0.1, -0.05) is 13.3 Å². The lowest BCUT2D eigenvalue weighted by atomic mass is 10.2. The summed E-state index contributed by atoms with van der Waals surface area (Å²) in [4.78, 5) is 15.5. The Kier molecular flexibility index (Phi) is 3.49. The molecule has 6 heteroatoms. The molecule has 5 nitrogen and oxygen atoms in total. The second-order valence-corrected chi connectivity index (χ2v) is 6.15. The van der Waals surface area contributed by atoms with Crippen molar-refractivity contribution < 1.29 is 13.2 Å². The highest BCUT2D eigenvalue weighted by atomic mass is 32.2. The number of sulfone groups is 1. The lowest BCUT2D eigenvalue weighted by Crippen LogP contribution is -2.37. The fourth-order valence-electron chi connectivity index (χ4n) is 1.35. The SMILES string of the molecule is CCCC1N=C(C(C)S(C)(=O)=O)NC1=O. The number of nitrogens with zero attached hydrogens (tertiary/aromatic N) is 1. The van der Waals surface area contributed by atoms with Gasteiger partial charge in [-0.15, -0.1) is 0 Å². The van der Waals surface area contributed by atoms with E-state index in [4.69, 9.17) is 0 Å². The van der Waals surface area contributed by atoms with Crippen LogP contribution in [0.2, 0.25) is 0 Å². The molecular weight excluding hydrogens is 216 g/mol. The summed E-state index contributed by atoms with van der Waals surface area (Å²) in [5, 5.41) is 1.79. The van der Waals surface area contributed by atoms with E-state index in [9.17, 15) is 13.2 Å². The molecular formula is C9H16N2O3S. The Morgan fingerprint density at radius 2 is 2.13 bits per heavy atom. The maximum Gasteiger partial charge on any atom is 0.250 e. The Hall–Kier alpha value is -0.910. The summed E-state index contributed by atoms with van der Waals surface area (Å²) in [5.41, 5.74) is 0. The van der Waals surface area contributed by atoms with Gasteiger partial charge in [-0.05, 0) is 13.3 Å². The van der Waals surface area contributed by atoms with Gasteiger partial charge in [0.15, 0.2) is 9.84 Å². The van der Waals surface area contributed by atoms with Crippen molar-refractivity contribution in [3.8, 4) is 0 Å². The number of hydrogen-bond donors (Lipinski definition) is 1. The number of aliphatic imine (C=N–C) groups is 1. The molecule has 15 heavy (non-hydrogen) atoms. The molecule has 1 amide bonds. The maximum atomic E-state index is 11.4. The van der Waals surface area contributed by atoms with E-state index in [1.54, 1.807) is 0 Å². The van der Waals surface area contributed by atoms with Crippen LogP contribution in [0.25, 0.3) is 0 Å². The van der Waals surface area contributed by atoms with Gasteiger partial charge in [0, 0.05) is 6.26 Å².